The number of aryl methyl sites for hydroxylation is 2. The lowest BCUT2D eigenvalue weighted by Crippen LogP contribution is -2.48. The standard InChI is InChI=1S/C27H35N3O5/c1-22-4-7-24(8-5-22)35-20-27(31)18-30(13-15-33-19-27)17-23-6-9-25(26(16-23)32-2)34-14-3-11-29-12-10-28-21-29/h4-10,12,16,21,31H,3,11,13-15,17-20H2,1-2H3/t27-/m1/s1. The first kappa shape index (κ1) is 25.0. The summed E-state index contributed by atoms with van der Waals surface area (Å²) in [7, 11) is 1.65. The van der Waals surface area contributed by atoms with E-state index >= 15 is 0 Å². The van der Waals surface area contributed by atoms with E-state index in [4.69, 9.17) is 18.9 Å². The Morgan fingerprint density at radius 1 is 1.11 bits per heavy atom. The van der Waals surface area contributed by atoms with E-state index in [1.165, 1.54) is 5.56 Å². The Morgan fingerprint density at radius 3 is 2.74 bits per heavy atom. The molecular formula is C27H35N3O5. The maximum absolute atomic E-state index is 11.2. The monoisotopic (exact) mass is 481 g/mol. The number of nitrogens with zero attached hydrogens (tertiary/aromatic N) is 3. The highest BCUT2D eigenvalue weighted by Gasteiger charge is 2.33. The number of methoxy groups -OCH3 is 1. The van der Waals surface area contributed by atoms with Crippen LogP contribution in [0.4, 0.5) is 0 Å². The van der Waals surface area contributed by atoms with Crippen molar-refractivity contribution in [2.24, 2.45) is 0 Å². The number of hydrogen-bond donors (Lipinski definition) is 1. The molecule has 3 aromatic rings. The van der Waals surface area contributed by atoms with Crippen LogP contribution < -0.4 is 14.2 Å². The third-order valence-corrected chi connectivity index (χ3v) is 5.98. The molecule has 0 radical (unpaired) electrons. The normalized spacial score (nSPS) is 18.7. The van der Waals surface area contributed by atoms with Gasteiger partial charge in [0.15, 0.2) is 11.5 Å². The van der Waals surface area contributed by atoms with Gasteiger partial charge in [0.1, 0.15) is 18.0 Å². The molecule has 1 fully saturated rings. The SMILES string of the molecule is COc1cc(CN2CCOC[C@@](O)(COc3ccc(C)cc3)C2)ccc1OCCCn1ccnc1. The molecule has 2 heterocycles. The molecule has 1 N–H and O–H groups in total. The minimum Gasteiger partial charge on any atom is -0.493 e. The van der Waals surface area contributed by atoms with E-state index in [2.05, 4.69) is 9.88 Å². The zero-order valence-corrected chi connectivity index (χ0v) is 20.6. The summed E-state index contributed by atoms with van der Waals surface area (Å²) in [4.78, 5) is 6.24. The molecule has 2 aromatic carbocycles. The van der Waals surface area contributed by atoms with Gasteiger partial charge in [-0.2, -0.15) is 0 Å². The van der Waals surface area contributed by atoms with E-state index in [-0.39, 0.29) is 13.2 Å². The van der Waals surface area contributed by atoms with E-state index < -0.39 is 5.60 Å². The van der Waals surface area contributed by atoms with Crippen LogP contribution in [0.1, 0.15) is 17.5 Å². The average molecular weight is 482 g/mol. The van der Waals surface area contributed by atoms with Crippen molar-refractivity contribution in [1.82, 2.24) is 14.5 Å². The molecule has 188 valence electrons. The Morgan fingerprint density at radius 2 is 1.97 bits per heavy atom. The summed E-state index contributed by atoms with van der Waals surface area (Å²) in [6.45, 7) is 6.28. The minimum atomic E-state index is -1.09. The Balaban J connectivity index is 1.32. The minimum absolute atomic E-state index is 0.168. The molecule has 0 amide bonds. The maximum Gasteiger partial charge on any atom is 0.161 e. The molecule has 8 heteroatoms. The van der Waals surface area contributed by atoms with Gasteiger partial charge in [-0.05, 0) is 43.2 Å². The predicted molar refractivity (Wildman–Crippen MR) is 133 cm³/mol. The fourth-order valence-corrected chi connectivity index (χ4v) is 4.11. The molecule has 0 bridgehead atoms. The van der Waals surface area contributed by atoms with Crippen LogP contribution in [-0.4, -0.2) is 71.8 Å². The van der Waals surface area contributed by atoms with Gasteiger partial charge < -0.3 is 28.6 Å². The average Bonchev–Trinajstić information content (AvgIpc) is 3.31. The fourth-order valence-electron chi connectivity index (χ4n) is 4.11. The summed E-state index contributed by atoms with van der Waals surface area (Å²) in [5.74, 6) is 2.17. The van der Waals surface area contributed by atoms with Crippen LogP contribution in [0.25, 0.3) is 0 Å². The summed E-state index contributed by atoms with van der Waals surface area (Å²) in [5, 5.41) is 11.2. The van der Waals surface area contributed by atoms with Crippen LogP contribution in [0.3, 0.4) is 0 Å². The van der Waals surface area contributed by atoms with Crippen molar-refractivity contribution in [3.63, 3.8) is 0 Å². The second-order valence-electron chi connectivity index (χ2n) is 9.08. The van der Waals surface area contributed by atoms with Gasteiger partial charge >= 0.3 is 0 Å². The quantitative estimate of drug-likeness (QED) is 0.421. The molecule has 1 atom stereocenters. The van der Waals surface area contributed by atoms with Crippen LogP contribution in [0.15, 0.2) is 61.2 Å². The molecule has 0 saturated carbocycles. The number of hydrogen-bond acceptors (Lipinski definition) is 7. The third kappa shape index (κ3) is 7.45. The van der Waals surface area contributed by atoms with Gasteiger partial charge in [0.2, 0.25) is 0 Å². The Labute approximate surface area is 207 Å². The third-order valence-electron chi connectivity index (χ3n) is 5.98. The lowest BCUT2D eigenvalue weighted by Gasteiger charge is -2.30. The number of rotatable bonds is 11. The molecule has 1 saturated heterocycles. The topological polar surface area (TPSA) is 78.2 Å². The smallest absolute Gasteiger partial charge is 0.161 e. The van der Waals surface area contributed by atoms with Crippen molar-refractivity contribution in [3.05, 3.63) is 72.3 Å². The zero-order chi connectivity index (χ0) is 24.5. The van der Waals surface area contributed by atoms with Crippen LogP contribution in [0, 0.1) is 6.92 Å². The molecule has 1 aliphatic rings. The fraction of sp³-hybridized carbons (Fsp3) is 0.444. The van der Waals surface area contributed by atoms with E-state index in [1.54, 1.807) is 19.6 Å². The van der Waals surface area contributed by atoms with E-state index in [9.17, 15) is 5.11 Å². The highest BCUT2D eigenvalue weighted by molar-refractivity contribution is 5.43. The molecular weight excluding hydrogens is 446 g/mol. The van der Waals surface area contributed by atoms with Gasteiger partial charge in [-0.1, -0.05) is 23.8 Å². The first-order chi connectivity index (χ1) is 17.0. The number of aliphatic hydroxyl groups is 1. The van der Waals surface area contributed by atoms with Gasteiger partial charge in [-0.15, -0.1) is 0 Å². The van der Waals surface area contributed by atoms with Gasteiger partial charge in [0.05, 0.1) is 33.3 Å². The molecule has 1 aromatic heterocycles. The Hall–Kier alpha value is -3.07. The summed E-state index contributed by atoms with van der Waals surface area (Å²) < 4.78 is 25.2. The number of aromatic nitrogens is 2. The second kappa shape index (κ2) is 12.1. The first-order valence-electron chi connectivity index (χ1n) is 12.0. The zero-order valence-electron chi connectivity index (χ0n) is 20.6. The summed E-state index contributed by atoms with van der Waals surface area (Å²) in [6.07, 6.45) is 6.40. The van der Waals surface area contributed by atoms with Crippen molar-refractivity contribution in [2.45, 2.75) is 32.0 Å². The summed E-state index contributed by atoms with van der Waals surface area (Å²) in [5.41, 5.74) is 1.15. The number of benzene rings is 2. The van der Waals surface area contributed by atoms with Gasteiger partial charge in [0.25, 0.3) is 0 Å². The largest absolute Gasteiger partial charge is 0.493 e. The van der Waals surface area contributed by atoms with Crippen LogP contribution in [-0.2, 0) is 17.8 Å². The van der Waals surface area contributed by atoms with Crippen molar-refractivity contribution >= 4 is 0 Å². The maximum atomic E-state index is 11.2. The number of imidazole rings is 1. The van der Waals surface area contributed by atoms with Crippen LogP contribution >= 0.6 is 0 Å². The lowest BCUT2D eigenvalue weighted by molar-refractivity contribution is -0.0646. The molecule has 0 unspecified atom stereocenters. The molecule has 0 spiro atoms. The summed E-state index contributed by atoms with van der Waals surface area (Å²) in [6, 6.07) is 13.8. The van der Waals surface area contributed by atoms with Crippen molar-refractivity contribution < 1.29 is 24.1 Å². The van der Waals surface area contributed by atoms with E-state index in [1.807, 2.05) is 60.2 Å². The molecule has 0 aliphatic carbocycles. The highest BCUT2D eigenvalue weighted by atomic mass is 16.5. The van der Waals surface area contributed by atoms with E-state index in [0.29, 0.717) is 32.1 Å². The number of β-amino-alcohol motifs (C(OH)–C–C–N with tert-alkyl or cyclic N) is 1. The van der Waals surface area contributed by atoms with Crippen LogP contribution in [0.5, 0.6) is 17.2 Å². The second-order valence-corrected chi connectivity index (χ2v) is 9.08. The highest BCUT2D eigenvalue weighted by Crippen LogP contribution is 2.29. The Bertz CT molecular complexity index is 1040. The van der Waals surface area contributed by atoms with Crippen LogP contribution in [0.2, 0.25) is 0 Å². The van der Waals surface area contributed by atoms with Gasteiger partial charge in [-0.25, -0.2) is 4.98 Å². The van der Waals surface area contributed by atoms with Crippen molar-refractivity contribution in [2.75, 3.05) is 46.6 Å². The molecule has 4 rings (SSSR count). The van der Waals surface area contributed by atoms with Gasteiger partial charge in [-0.3, -0.25) is 4.90 Å². The Kier molecular flexibility index (Phi) is 8.63. The molecule has 35 heavy (non-hydrogen) atoms. The first-order valence-corrected chi connectivity index (χ1v) is 12.0. The van der Waals surface area contributed by atoms with E-state index in [0.717, 1.165) is 36.6 Å². The number of ether oxygens (including phenoxy) is 4. The lowest BCUT2D eigenvalue weighted by atomic mass is 10.1. The molecule has 8 nitrogen and oxygen atoms in total. The molecule has 1 aliphatic heterocycles. The summed E-state index contributed by atoms with van der Waals surface area (Å²) >= 11 is 0. The van der Waals surface area contributed by atoms with Crippen molar-refractivity contribution in [1.29, 1.82) is 0 Å². The predicted octanol–water partition coefficient (Wildman–Crippen LogP) is 3.31. The van der Waals surface area contributed by atoms with Crippen molar-refractivity contribution in [3.8, 4) is 17.2 Å². The van der Waals surface area contributed by atoms with Gasteiger partial charge in [0, 0.05) is 38.6 Å².